The average molecular weight is 693 g/mol. The van der Waals surface area contributed by atoms with Gasteiger partial charge in [-0.3, -0.25) is 4.79 Å². The van der Waals surface area contributed by atoms with Crippen LogP contribution >= 0.6 is 0 Å². The summed E-state index contributed by atoms with van der Waals surface area (Å²) in [7, 11) is 1.75. The molecule has 19 nitrogen and oxygen atoms in total. The van der Waals surface area contributed by atoms with Crippen LogP contribution in [0.3, 0.4) is 0 Å². The normalized spacial score (nSPS) is 50.8. The molecule has 19 atom stereocenters. The molecule has 3 heterocycles. The number of hydrogen-bond donors (Lipinski definition) is 12. The molecule has 48 heavy (non-hydrogen) atoms. The highest BCUT2D eigenvalue weighted by molar-refractivity contribution is 5.91. The summed E-state index contributed by atoms with van der Waals surface area (Å²) in [6.07, 6.45) is -12.7. The van der Waals surface area contributed by atoms with Crippen LogP contribution in [0.2, 0.25) is 0 Å². The highest BCUT2D eigenvalue weighted by Crippen LogP contribution is 2.41. The van der Waals surface area contributed by atoms with Gasteiger partial charge in [-0.05, 0) is 19.4 Å². The molecule has 17 N–H and O–H groups in total. The maximum atomic E-state index is 13.0. The topological polar surface area (TPSA) is 336 Å². The third-order valence-electron chi connectivity index (χ3n) is 9.96. The van der Waals surface area contributed by atoms with Crippen LogP contribution in [0.4, 0.5) is 0 Å². The van der Waals surface area contributed by atoms with E-state index in [-0.39, 0.29) is 31.9 Å². The SMILES string of the molecule is CNC[C@@H]1C=C[C@@H](N)[C@@H](O[C@H]2[C@H](O[C@@H]3O[C@H](CO)[C@@H](O[C@H]4O[C@@H](CN)[C@@H](O)[C@H](O)[C@H]4N)[C@H]3O)[C@@H](O)[C@H](CC(=O)C3(O)CC3N)C[C@@H]2N)O1. The van der Waals surface area contributed by atoms with Crippen molar-refractivity contribution in [1.29, 1.82) is 0 Å². The van der Waals surface area contributed by atoms with Gasteiger partial charge in [0, 0.05) is 38.0 Å². The average Bonchev–Trinajstić information content (AvgIpc) is 3.58. The van der Waals surface area contributed by atoms with Gasteiger partial charge < -0.3 is 93.0 Å². The predicted octanol–water partition coefficient (Wildman–Crippen LogP) is -7.09. The van der Waals surface area contributed by atoms with E-state index in [4.69, 9.17) is 57.1 Å². The molecule has 0 amide bonds. The Morgan fingerprint density at radius 1 is 0.875 bits per heavy atom. The molecule has 2 saturated heterocycles. The Bertz CT molecular complexity index is 1130. The quantitative estimate of drug-likeness (QED) is 0.0797. The van der Waals surface area contributed by atoms with Gasteiger partial charge in [0.25, 0.3) is 0 Å². The first-order valence-corrected chi connectivity index (χ1v) is 16.3. The van der Waals surface area contributed by atoms with Crippen LogP contribution in [-0.4, -0.2) is 173 Å². The van der Waals surface area contributed by atoms with Crippen LogP contribution in [0, 0.1) is 5.92 Å². The number of Topliss-reactive ketones (excluding diaryl/α,β-unsaturated/α-hetero) is 1. The maximum absolute atomic E-state index is 13.0. The molecule has 3 aliphatic heterocycles. The number of nitrogens with two attached hydrogens (primary N) is 5. The van der Waals surface area contributed by atoms with E-state index < -0.39 is 122 Å². The van der Waals surface area contributed by atoms with Crippen molar-refractivity contribution in [3.63, 3.8) is 0 Å². The van der Waals surface area contributed by atoms with Crippen molar-refractivity contribution in [2.75, 3.05) is 26.7 Å². The van der Waals surface area contributed by atoms with Crippen molar-refractivity contribution in [2.45, 2.75) is 129 Å². The fourth-order valence-electron chi connectivity index (χ4n) is 6.84. The zero-order valence-electron chi connectivity index (χ0n) is 26.7. The first kappa shape index (κ1) is 37.9. The number of nitrogens with one attached hydrogen (secondary N) is 1. The molecule has 5 aliphatic rings. The lowest BCUT2D eigenvalue weighted by atomic mass is 9.76. The molecule has 4 fully saturated rings. The Hall–Kier alpha value is -1.31. The summed E-state index contributed by atoms with van der Waals surface area (Å²) in [4.78, 5) is 13.0. The predicted molar refractivity (Wildman–Crippen MR) is 163 cm³/mol. The molecule has 0 spiro atoms. The molecular formula is C29H52N6O13. The Morgan fingerprint density at radius 2 is 1.52 bits per heavy atom. The van der Waals surface area contributed by atoms with E-state index >= 15 is 0 Å². The number of carbonyl (C=O) groups excluding carboxylic acids is 1. The van der Waals surface area contributed by atoms with Crippen LogP contribution in [0.5, 0.6) is 0 Å². The van der Waals surface area contributed by atoms with Crippen molar-refractivity contribution in [1.82, 2.24) is 5.32 Å². The van der Waals surface area contributed by atoms with Gasteiger partial charge in [0.15, 0.2) is 24.7 Å². The zero-order chi connectivity index (χ0) is 35.1. The summed E-state index contributed by atoms with van der Waals surface area (Å²) in [6, 6.07) is -3.51. The molecular weight excluding hydrogens is 640 g/mol. The minimum absolute atomic E-state index is 0.0902. The molecule has 0 aromatic heterocycles. The summed E-state index contributed by atoms with van der Waals surface area (Å²) in [5.74, 6) is -1.35. The largest absolute Gasteiger partial charge is 0.394 e. The number of aliphatic hydroxyl groups is 6. The van der Waals surface area contributed by atoms with Crippen LogP contribution < -0.4 is 34.0 Å². The number of ketones is 1. The monoisotopic (exact) mass is 692 g/mol. The van der Waals surface area contributed by atoms with Crippen molar-refractivity contribution in [3.05, 3.63) is 12.2 Å². The summed E-state index contributed by atoms with van der Waals surface area (Å²) in [5.41, 5.74) is 28.6. The number of carbonyl (C=O) groups is 1. The fourth-order valence-corrected chi connectivity index (χ4v) is 6.84. The molecule has 0 radical (unpaired) electrons. The maximum Gasteiger partial charge on any atom is 0.187 e. The third-order valence-corrected chi connectivity index (χ3v) is 9.96. The lowest BCUT2D eigenvalue weighted by Crippen LogP contribution is -2.64. The highest BCUT2D eigenvalue weighted by atomic mass is 16.8. The number of hydrogen-bond acceptors (Lipinski definition) is 19. The van der Waals surface area contributed by atoms with Gasteiger partial charge in [-0.15, -0.1) is 0 Å². The minimum Gasteiger partial charge on any atom is -0.394 e. The van der Waals surface area contributed by atoms with E-state index in [9.17, 15) is 35.4 Å². The van der Waals surface area contributed by atoms with Crippen LogP contribution in [0.1, 0.15) is 19.3 Å². The molecule has 5 rings (SSSR count). The number of ether oxygens (including phenoxy) is 6. The van der Waals surface area contributed by atoms with E-state index in [1.165, 1.54) is 0 Å². The van der Waals surface area contributed by atoms with E-state index in [2.05, 4.69) is 5.32 Å². The Balaban J connectivity index is 1.35. The van der Waals surface area contributed by atoms with Crippen molar-refractivity contribution in [3.8, 4) is 0 Å². The molecule has 2 aliphatic carbocycles. The van der Waals surface area contributed by atoms with Crippen LogP contribution in [0.15, 0.2) is 12.2 Å². The van der Waals surface area contributed by atoms with Crippen molar-refractivity contribution >= 4 is 5.78 Å². The van der Waals surface area contributed by atoms with Gasteiger partial charge >= 0.3 is 0 Å². The molecule has 0 bridgehead atoms. The highest BCUT2D eigenvalue weighted by Gasteiger charge is 2.58. The summed E-state index contributed by atoms with van der Waals surface area (Å²) < 4.78 is 35.8. The molecule has 2 unspecified atom stereocenters. The van der Waals surface area contributed by atoms with Gasteiger partial charge in [-0.25, -0.2) is 0 Å². The second-order valence-corrected chi connectivity index (χ2v) is 13.4. The standard InChI is InChI=1S/C29H52N6O13/c1-35-8-11-2-3-12(31)26(43-11)46-23-13(32)4-10(5-17(37)29(42)6-16(29)33)19(38)25(23)48-28-22(41)24(15(9-36)45-28)47-27-18(34)21(40)20(39)14(7-30)44-27/h2-3,10-16,18-28,35-36,38-42H,4-9,30-34H2,1H3/t10-,11-,12+,13-,14-,15+,16?,18+,19-,20+,21+,22+,23+,24+,25+,26+,27+,28-,29?/m0/s1. The van der Waals surface area contributed by atoms with Gasteiger partial charge in [-0.2, -0.15) is 0 Å². The molecule has 19 heteroatoms. The van der Waals surface area contributed by atoms with Crippen LogP contribution in [-0.2, 0) is 33.2 Å². The number of likely N-dealkylation sites (N-methyl/N-ethyl adjacent to an activating group) is 1. The lowest BCUT2D eigenvalue weighted by molar-refractivity contribution is -0.286. The summed E-state index contributed by atoms with van der Waals surface area (Å²) in [5, 5.41) is 67.2. The molecule has 0 aromatic carbocycles. The number of rotatable bonds is 13. The van der Waals surface area contributed by atoms with E-state index in [0.717, 1.165) is 0 Å². The number of aliphatic hydroxyl groups excluding tert-OH is 5. The Labute approximate surface area is 277 Å². The fraction of sp³-hybridized carbons (Fsp3) is 0.897. The smallest absolute Gasteiger partial charge is 0.187 e. The third kappa shape index (κ3) is 7.64. The Morgan fingerprint density at radius 3 is 2.15 bits per heavy atom. The molecule has 276 valence electrons. The van der Waals surface area contributed by atoms with E-state index in [0.29, 0.717) is 6.54 Å². The first-order valence-electron chi connectivity index (χ1n) is 16.3. The van der Waals surface area contributed by atoms with Gasteiger partial charge in [0.2, 0.25) is 0 Å². The molecule has 0 aromatic rings. The zero-order valence-corrected chi connectivity index (χ0v) is 26.7. The van der Waals surface area contributed by atoms with Crippen molar-refractivity contribution in [2.24, 2.45) is 34.6 Å². The van der Waals surface area contributed by atoms with Gasteiger partial charge in [-0.1, -0.05) is 12.2 Å². The first-order chi connectivity index (χ1) is 22.7. The minimum atomic E-state index is -1.68. The summed E-state index contributed by atoms with van der Waals surface area (Å²) in [6.45, 7) is -0.362. The Kier molecular flexibility index (Phi) is 12.3. The molecule has 2 saturated carbocycles. The van der Waals surface area contributed by atoms with Gasteiger partial charge in [0.1, 0.15) is 54.4 Å². The van der Waals surface area contributed by atoms with Crippen LogP contribution in [0.25, 0.3) is 0 Å². The second-order valence-electron chi connectivity index (χ2n) is 13.4. The second kappa shape index (κ2) is 15.5. The van der Waals surface area contributed by atoms with Gasteiger partial charge in [0.05, 0.1) is 30.9 Å². The van der Waals surface area contributed by atoms with E-state index in [1.807, 2.05) is 0 Å². The van der Waals surface area contributed by atoms with E-state index in [1.54, 1.807) is 19.2 Å². The van der Waals surface area contributed by atoms with Crippen molar-refractivity contribution < 1.29 is 63.9 Å². The summed E-state index contributed by atoms with van der Waals surface area (Å²) >= 11 is 0. The lowest BCUT2D eigenvalue weighted by Gasteiger charge is -2.46.